The third-order valence-corrected chi connectivity index (χ3v) is 5.45. The van der Waals surface area contributed by atoms with Crippen molar-refractivity contribution in [3.8, 4) is 0 Å². The van der Waals surface area contributed by atoms with Crippen molar-refractivity contribution >= 4 is 56.6 Å². The van der Waals surface area contributed by atoms with Gasteiger partial charge in [-0.05, 0) is 30.5 Å². The molecule has 0 aliphatic rings. The molecule has 0 amide bonds. The minimum Gasteiger partial charge on any atom is -0.457 e. The van der Waals surface area contributed by atoms with Gasteiger partial charge in [-0.15, -0.1) is 11.8 Å². The average molecular weight is 395 g/mol. The van der Waals surface area contributed by atoms with Crippen molar-refractivity contribution in [3.05, 3.63) is 62.1 Å². The first-order valence-electron chi connectivity index (χ1n) is 7.02. The van der Waals surface area contributed by atoms with Crippen LogP contribution in [0.4, 0.5) is 5.00 Å². The van der Waals surface area contributed by atoms with Crippen molar-refractivity contribution in [3.63, 3.8) is 0 Å². The highest BCUT2D eigenvalue weighted by molar-refractivity contribution is 7.98. The van der Waals surface area contributed by atoms with Gasteiger partial charge in [0.1, 0.15) is 16.6 Å². The Labute approximate surface area is 155 Å². The van der Waals surface area contributed by atoms with Gasteiger partial charge in [-0.1, -0.05) is 29.0 Å². The van der Waals surface area contributed by atoms with E-state index in [1.165, 1.54) is 12.1 Å². The molecular formula is C16H11ClN2O4S2. The van der Waals surface area contributed by atoms with Crippen LogP contribution in [0.25, 0.3) is 10.9 Å². The Balaban J connectivity index is 1.76. The lowest BCUT2D eigenvalue weighted by Gasteiger charge is -2.08. The van der Waals surface area contributed by atoms with Gasteiger partial charge >= 0.3 is 11.0 Å². The van der Waals surface area contributed by atoms with E-state index in [0.717, 1.165) is 27.1 Å². The van der Waals surface area contributed by atoms with Crippen LogP contribution >= 0.6 is 34.7 Å². The summed E-state index contributed by atoms with van der Waals surface area (Å²) in [7, 11) is 0. The molecule has 0 atom stereocenters. The number of thioether (sulfide) groups is 1. The van der Waals surface area contributed by atoms with Gasteiger partial charge in [0.15, 0.2) is 0 Å². The second-order valence-corrected chi connectivity index (χ2v) is 7.27. The van der Waals surface area contributed by atoms with Crippen molar-refractivity contribution in [2.24, 2.45) is 0 Å². The summed E-state index contributed by atoms with van der Waals surface area (Å²) in [5.41, 5.74) is 1.34. The minimum absolute atomic E-state index is 0.0589. The molecule has 0 saturated carbocycles. The summed E-state index contributed by atoms with van der Waals surface area (Å²) in [6.45, 7) is -0.0589. The molecule has 0 spiro atoms. The standard InChI is InChI=1S/C16H11ClN2O4S2/c1-24-11-3-2-9-6-10(15(17)18-12(9)7-11)8-23-16(20)13-4-5-14(25-13)19(21)22/h2-7H,8H2,1H3. The highest BCUT2D eigenvalue weighted by atomic mass is 35.5. The normalized spacial score (nSPS) is 10.8. The van der Waals surface area contributed by atoms with Crippen LogP contribution in [0, 0.1) is 10.1 Å². The molecule has 1 aromatic carbocycles. The van der Waals surface area contributed by atoms with Crippen molar-refractivity contribution in [2.75, 3.05) is 6.26 Å². The van der Waals surface area contributed by atoms with Gasteiger partial charge in [0.05, 0.1) is 10.4 Å². The van der Waals surface area contributed by atoms with Gasteiger partial charge < -0.3 is 4.74 Å². The molecule has 6 nitrogen and oxygen atoms in total. The summed E-state index contributed by atoms with van der Waals surface area (Å²) in [4.78, 5) is 27.7. The number of pyridine rings is 1. The number of carbonyl (C=O) groups is 1. The molecule has 25 heavy (non-hydrogen) atoms. The Bertz CT molecular complexity index is 974. The predicted octanol–water partition coefficient (Wildman–Crippen LogP) is 4.94. The van der Waals surface area contributed by atoms with Gasteiger partial charge in [0, 0.05) is 21.9 Å². The van der Waals surface area contributed by atoms with Crippen LogP contribution in [0.15, 0.2) is 41.3 Å². The molecule has 0 fully saturated rings. The van der Waals surface area contributed by atoms with Crippen LogP contribution in [0.1, 0.15) is 15.2 Å². The zero-order valence-electron chi connectivity index (χ0n) is 12.9. The van der Waals surface area contributed by atoms with Crippen molar-refractivity contribution in [1.29, 1.82) is 0 Å². The molecule has 0 unspecified atom stereocenters. The predicted molar refractivity (Wildman–Crippen MR) is 98.6 cm³/mol. The number of esters is 1. The van der Waals surface area contributed by atoms with E-state index in [1.807, 2.05) is 30.5 Å². The maximum absolute atomic E-state index is 12.0. The van der Waals surface area contributed by atoms with Gasteiger partial charge in [0.2, 0.25) is 0 Å². The summed E-state index contributed by atoms with van der Waals surface area (Å²) >= 11 is 8.56. The Morgan fingerprint density at radius 1 is 1.36 bits per heavy atom. The van der Waals surface area contributed by atoms with E-state index in [4.69, 9.17) is 16.3 Å². The Kier molecular flexibility index (Phi) is 5.22. The molecule has 0 saturated heterocycles. The number of rotatable bonds is 5. The van der Waals surface area contributed by atoms with Crippen LogP contribution < -0.4 is 0 Å². The summed E-state index contributed by atoms with van der Waals surface area (Å²) in [5.74, 6) is -0.632. The second-order valence-electron chi connectivity index (χ2n) is 4.97. The number of nitrogens with zero attached hydrogens (tertiary/aromatic N) is 2. The molecule has 2 aromatic heterocycles. The Morgan fingerprint density at radius 3 is 2.84 bits per heavy atom. The van der Waals surface area contributed by atoms with Crippen LogP contribution in [0.2, 0.25) is 5.15 Å². The Hall–Kier alpha value is -2.16. The third kappa shape index (κ3) is 3.92. The molecule has 0 aliphatic carbocycles. The first kappa shape index (κ1) is 17.7. The molecule has 3 rings (SSSR count). The number of nitro groups is 1. The van der Waals surface area contributed by atoms with E-state index < -0.39 is 10.9 Å². The van der Waals surface area contributed by atoms with E-state index in [-0.39, 0.29) is 21.6 Å². The fraction of sp³-hybridized carbons (Fsp3) is 0.125. The van der Waals surface area contributed by atoms with Crippen LogP contribution in [0.5, 0.6) is 0 Å². The van der Waals surface area contributed by atoms with Crippen LogP contribution in [-0.2, 0) is 11.3 Å². The number of hydrogen-bond donors (Lipinski definition) is 0. The lowest BCUT2D eigenvalue weighted by molar-refractivity contribution is -0.380. The number of benzene rings is 1. The average Bonchev–Trinajstić information content (AvgIpc) is 3.09. The number of hydrogen-bond acceptors (Lipinski definition) is 7. The molecule has 0 bridgehead atoms. The zero-order valence-corrected chi connectivity index (χ0v) is 15.3. The molecule has 0 radical (unpaired) electrons. The smallest absolute Gasteiger partial charge is 0.348 e. The molecule has 9 heteroatoms. The maximum atomic E-state index is 12.0. The number of carbonyl (C=O) groups excluding carboxylic acids is 1. The molecule has 3 aromatic rings. The van der Waals surface area contributed by atoms with Gasteiger partial charge in [-0.25, -0.2) is 9.78 Å². The van der Waals surface area contributed by atoms with E-state index in [1.54, 1.807) is 11.8 Å². The Morgan fingerprint density at radius 2 is 2.16 bits per heavy atom. The number of halogens is 1. The SMILES string of the molecule is CSc1ccc2cc(COC(=O)c3ccc([N+](=O)[O-])s3)c(Cl)nc2c1. The monoisotopic (exact) mass is 394 g/mol. The second kappa shape index (κ2) is 7.38. The largest absolute Gasteiger partial charge is 0.457 e. The van der Waals surface area contributed by atoms with E-state index >= 15 is 0 Å². The molecule has 0 aliphatic heterocycles. The minimum atomic E-state index is -0.632. The summed E-state index contributed by atoms with van der Waals surface area (Å²) < 4.78 is 5.20. The fourth-order valence-electron chi connectivity index (χ4n) is 2.15. The summed E-state index contributed by atoms with van der Waals surface area (Å²) in [5, 5.41) is 11.7. The van der Waals surface area contributed by atoms with E-state index in [0.29, 0.717) is 5.56 Å². The molecule has 0 N–H and O–H groups in total. The van der Waals surface area contributed by atoms with Crippen molar-refractivity contribution in [2.45, 2.75) is 11.5 Å². The van der Waals surface area contributed by atoms with Gasteiger partial charge in [-0.3, -0.25) is 10.1 Å². The van der Waals surface area contributed by atoms with Gasteiger partial charge in [0.25, 0.3) is 0 Å². The third-order valence-electron chi connectivity index (χ3n) is 3.38. The lowest BCUT2D eigenvalue weighted by atomic mass is 10.2. The number of ether oxygens (including phenoxy) is 1. The van der Waals surface area contributed by atoms with Crippen LogP contribution in [0.3, 0.4) is 0 Å². The maximum Gasteiger partial charge on any atom is 0.348 e. The summed E-state index contributed by atoms with van der Waals surface area (Å²) in [6.07, 6.45) is 1.98. The number of aromatic nitrogens is 1. The molecule has 2 heterocycles. The van der Waals surface area contributed by atoms with E-state index in [2.05, 4.69) is 4.98 Å². The summed E-state index contributed by atoms with van der Waals surface area (Å²) in [6, 6.07) is 10.3. The highest BCUT2D eigenvalue weighted by Crippen LogP contribution is 2.27. The van der Waals surface area contributed by atoms with Crippen LogP contribution in [-0.4, -0.2) is 22.1 Å². The van der Waals surface area contributed by atoms with Crippen molar-refractivity contribution < 1.29 is 14.5 Å². The molecular weight excluding hydrogens is 384 g/mol. The highest BCUT2D eigenvalue weighted by Gasteiger charge is 2.17. The first-order chi connectivity index (χ1) is 12.0. The lowest BCUT2D eigenvalue weighted by Crippen LogP contribution is -2.04. The fourth-order valence-corrected chi connectivity index (χ4v) is 3.49. The van der Waals surface area contributed by atoms with Crippen molar-refractivity contribution in [1.82, 2.24) is 4.98 Å². The first-order valence-corrected chi connectivity index (χ1v) is 9.44. The van der Waals surface area contributed by atoms with E-state index in [9.17, 15) is 14.9 Å². The quantitative estimate of drug-likeness (QED) is 0.200. The number of thiophene rings is 1. The number of fused-ring (bicyclic) bond motifs is 1. The molecule has 128 valence electrons. The topological polar surface area (TPSA) is 82.3 Å². The zero-order chi connectivity index (χ0) is 18.0. The van der Waals surface area contributed by atoms with Gasteiger partial charge in [-0.2, -0.15) is 0 Å².